The van der Waals surface area contributed by atoms with Crippen LogP contribution in [0.2, 0.25) is 0 Å². The Hall–Kier alpha value is -1.32. The Morgan fingerprint density at radius 2 is 1.88 bits per heavy atom. The Labute approximate surface area is 94.6 Å². The number of hydrogen-bond donors (Lipinski definition) is 1. The first-order valence-electron chi connectivity index (χ1n) is 5.16. The standard InChI is InChI=1S/C12H17F2NO/c1-7-5-6-10(8(2)11(7)16-4)15-9(3)12(13)14/h5-6,9,12,15H,1-4H3. The van der Waals surface area contributed by atoms with Gasteiger partial charge in [0.1, 0.15) is 5.75 Å². The third kappa shape index (κ3) is 2.62. The number of methoxy groups -OCH3 is 1. The number of benzene rings is 1. The fraction of sp³-hybridized carbons (Fsp3) is 0.500. The van der Waals surface area contributed by atoms with E-state index in [1.807, 2.05) is 19.9 Å². The van der Waals surface area contributed by atoms with Crippen molar-refractivity contribution in [1.29, 1.82) is 0 Å². The smallest absolute Gasteiger partial charge is 0.258 e. The SMILES string of the molecule is COc1c(C)ccc(NC(C)C(F)F)c1C. The zero-order chi connectivity index (χ0) is 12.3. The van der Waals surface area contributed by atoms with Crippen molar-refractivity contribution in [3.05, 3.63) is 23.3 Å². The topological polar surface area (TPSA) is 21.3 Å². The third-order valence-electron chi connectivity index (χ3n) is 2.57. The second-order valence-electron chi connectivity index (χ2n) is 3.86. The molecule has 1 aromatic carbocycles. The van der Waals surface area contributed by atoms with Gasteiger partial charge in [0, 0.05) is 11.3 Å². The van der Waals surface area contributed by atoms with Crippen molar-refractivity contribution in [2.24, 2.45) is 0 Å². The molecule has 0 spiro atoms. The van der Waals surface area contributed by atoms with E-state index in [-0.39, 0.29) is 0 Å². The summed E-state index contributed by atoms with van der Waals surface area (Å²) in [5.41, 5.74) is 2.54. The lowest BCUT2D eigenvalue weighted by Crippen LogP contribution is -2.24. The summed E-state index contributed by atoms with van der Waals surface area (Å²) in [6.45, 7) is 5.23. The molecule has 0 saturated carbocycles. The molecule has 0 aliphatic rings. The number of halogens is 2. The molecule has 2 nitrogen and oxygen atoms in total. The number of aryl methyl sites for hydroxylation is 1. The quantitative estimate of drug-likeness (QED) is 0.854. The van der Waals surface area contributed by atoms with Crippen molar-refractivity contribution in [3.63, 3.8) is 0 Å². The van der Waals surface area contributed by atoms with Crippen molar-refractivity contribution in [1.82, 2.24) is 0 Å². The van der Waals surface area contributed by atoms with E-state index in [0.29, 0.717) is 5.69 Å². The van der Waals surface area contributed by atoms with Gasteiger partial charge in [0.05, 0.1) is 13.2 Å². The normalized spacial score (nSPS) is 12.7. The van der Waals surface area contributed by atoms with E-state index in [1.165, 1.54) is 6.92 Å². The van der Waals surface area contributed by atoms with Crippen molar-refractivity contribution in [2.75, 3.05) is 12.4 Å². The van der Waals surface area contributed by atoms with Gasteiger partial charge in [0.15, 0.2) is 0 Å². The van der Waals surface area contributed by atoms with E-state index < -0.39 is 12.5 Å². The van der Waals surface area contributed by atoms with Crippen LogP contribution in [0.3, 0.4) is 0 Å². The lowest BCUT2D eigenvalue weighted by Gasteiger charge is -2.18. The first-order chi connectivity index (χ1) is 7.47. The molecule has 0 aromatic heterocycles. The molecule has 0 aliphatic carbocycles. The molecule has 1 aromatic rings. The summed E-state index contributed by atoms with van der Waals surface area (Å²) in [5.74, 6) is 0.742. The van der Waals surface area contributed by atoms with Crippen LogP contribution in [-0.2, 0) is 0 Å². The van der Waals surface area contributed by atoms with Crippen LogP contribution in [0.4, 0.5) is 14.5 Å². The average molecular weight is 229 g/mol. The van der Waals surface area contributed by atoms with Gasteiger partial charge in [-0.3, -0.25) is 0 Å². The van der Waals surface area contributed by atoms with Crippen LogP contribution >= 0.6 is 0 Å². The molecule has 0 saturated heterocycles. The van der Waals surface area contributed by atoms with Crippen LogP contribution in [0.15, 0.2) is 12.1 Å². The monoisotopic (exact) mass is 229 g/mol. The minimum Gasteiger partial charge on any atom is -0.496 e. The predicted molar refractivity (Wildman–Crippen MR) is 61.6 cm³/mol. The molecule has 16 heavy (non-hydrogen) atoms. The molecule has 1 rings (SSSR count). The molecule has 1 N–H and O–H groups in total. The summed E-state index contributed by atoms with van der Waals surface area (Å²) in [6.07, 6.45) is -2.38. The molecule has 0 aliphatic heterocycles. The Balaban J connectivity index is 2.98. The molecule has 1 atom stereocenters. The molecule has 0 amide bonds. The Kier molecular flexibility index (Phi) is 4.10. The maximum absolute atomic E-state index is 12.4. The fourth-order valence-electron chi connectivity index (χ4n) is 1.61. The number of alkyl halides is 2. The highest BCUT2D eigenvalue weighted by Crippen LogP contribution is 2.29. The predicted octanol–water partition coefficient (Wildman–Crippen LogP) is 3.38. The molecule has 0 fully saturated rings. The lowest BCUT2D eigenvalue weighted by atomic mass is 10.1. The van der Waals surface area contributed by atoms with Gasteiger partial charge in [-0.15, -0.1) is 0 Å². The van der Waals surface area contributed by atoms with E-state index in [9.17, 15) is 8.78 Å². The van der Waals surface area contributed by atoms with E-state index in [4.69, 9.17) is 4.74 Å². The number of anilines is 1. The summed E-state index contributed by atoms with van der Waals surface area (Å²) in [4.78, 5) is 0. The van der Waals surface area contributed by atoms with Crippen LogP contribution in [0.5, 0.6) is 5.75 Å². The van der Waals surface area contributed by atoms with Crippen LogP contribution in [0.25, 0.3) is 0 Å². The fourth-order valence-corrected chi connectivity index (χ4v) is 1.61. The lowest BCUT2D eigenvalue weighted by molar-refractivity contribution is 0.130. The van der Waals surface area contributed by atoms with Gasteiger partial charge in [-0.1, -0.05) is 6.07 Å². The van der Waals surface area contributed by atoms with Crippen LogP contribution in [0, 0.1) is 13.8 Å². The van der Waals surface area contributed by atoms with Gasteiger partial charge in [-0.2, -0.15) is 0 Å². The molecule has 90 valence electrons. The minimum atomic E-state index is -2.38. The van der Waals surface area contributed by atoms with Crippen molar-refractivity contribution in [2.45, 2.75) is 33.2 Å². The summed E-state index contributed by atoms with van der Waals surface area (Å²) in [5, 5.41) is 2.78. The van der Waals surface area contributed by atoms with Crippen molar-refractivity contribution < 1.29 is 13.5 Å². The summed E-state index contributed by atoms with van der Waals surface area (Å²) in [6, 6.07) is 2.78. The first kappa shape index (κ1) is 12.7. The Morgan fingerprint density at radius 3 is 2.38 bits per heavy atom. The molecule has 0 heterocycles. The minimum absolute atomic E-state index is 0.690. The van der Waals surface area contributed by atoms with E-state index in [2.05, 4.69) is 5.32 Å². The second-order valence-corrected chi connectivity index (χ2v) is 3.86. The molecule has 4 heteroatoms. The van der Waals surface area contributed by atoms with Gasteiger partial charge in [-0.05, 0) is 32.4 Å². The number of nitrogens with one attached hydrogen (secondary N) is 1. The Morgan fingerprint density at radius 1 is 1.25 bits per heavy atom. The van der Waals surface area contributed by atoms with Crippen molar-refractivity contribution >= 4 is 5.69 Å². The van der Waals surface area contributed by atoms with Crippen LogP contribution < -0.4 is 10.1 Å². The zero-order valence-corrected chi connectivity index (χ0v) is 9.97. The number of hydrogen-bond acceptors (Lipinski definition) is 2. The van der Waals surface area contributed by atoms with E-state index >= 15 is 0 Å². The number of ether oxygens (including phenoxy) is 1. The van der Waals surface area contributed by atoms with Crippen LogP contribution in [-0.4, -0.2) is 19.6 Å². The van der Waals surface area contributed by atoms with Gasteiger partial charge >= 0.3 is 0 Å². The maximum Gasteiger partial charge on any atom is 0.258 e. The molecular formula is C12H17F2NO. The van der Waals surface area contributed by atoms with Gasteiger partial charge in [0.25, 0.3) is 6.43 Å². The molecule has 0 bridgehead atoms. The average Bonchev–Trinajstić information content (AvgIpc) is 2.22. The molecule has 0 radical (unpaired) electrons. The van der Waals surface area contributed by atoms with Crippen molar-refractivity contribution in [3.8, 4) is 5.75 Å². The summed E-state index contributed by atoms with van der Waals surface area (Å²) in [7, 11) is 1.58. The highest BCUT2D eigenvalue weighted by molar-refractivity contribution is 5.60. The molecular weight excluding hydrogens is 212 g/mol. The Bertz CT molecular complexity index is 366. The summed E-state index contributed by atoms with van der Waals surface area (Å²) >= 11 is 0. The third-order valence-corrected chi connectivity index (χ3v) is 2.57. The maximum atomic E-state index is 12.4. The van der Waals surface area contributed by atoms with Gasteiger partial charge < -0.3 is 10.1 Å². The number of rotatable bonds is 4. The van der Waals surface area contributed by atoms with Crippen LogP contribution in [0.1, 0.15) is 18.1 Å². The largest absolute Gasteiger partial charge is 0.496 e. The highest BCUT2D eigenvalue weighted by atomic mass is 19.3. The first-order valence-corrected chi connectivity index (χ1v) is 5.16. The van der Waals surface area contributed by atoms with Gasteiger partial charge in [-0.25, -0.2) is 8.78 Å². The molecule has 1 unspecified atom stereocenters. The second kappa shape index (κ2) is 5.14. The van der Waals surface area contributed by atoms with Gasteiger partial charge in [0.2, 0.25) is 0 Å². The van der Waals surface area contributed by atoms with E-state index in [0.717, 1.165) is 16.9 Å². The summed E-state index contributed by atoms with van der Waals surface area (Å²) < 4.78 is 30.1. The zero-order valence-electron chi connectivity index (χ0n) is 9.97. The highest BCUT2D eigenvalue weighted by Gasteiger charge is 2.16. The van der Waals surface area contributed by atoms with E-state index in [1.54, 1.807) is 13.2 Å².